The van der Waals surface area contributed by atoms with Gasteiger partial charge in [-0.1, -0.05) is 0 Å². The Bertz CT molecular complexity index is 187. The van der Waals surface area contributed by atoms with Crippen LogP contribution in [0.4, 0.5) is 0 Å². The maximum Gasteiger partial charge on any atom is 0.335 e. The van der Waals surface area contributed by atoms with Gasteiger partial charge in [0.2, 0.25) is 0 Å². The van der Waals surface area contributed by atoms with Crippen LogP contribution in [0.25, 0.3) is 0 Å². The number of carbonyl (C=O) groups is 1. The van der Waals surface area contributed by atoms with Gasteiger partial charge in [0.05, 0.1) is 6.61 Å². The molecule has 0 aliphatic carbocycles. The van der Waals surface area contributed by atoms with Gasteiger partial charge in [-0.25, -0.2) is 10.7 Å². The standard InChI is InChI=1S/C6H13NO7/c7-14-1-2(8)3(9)4(10)5(11)6(12)13/h2-5,8-11H,1,7H2,(H,12,13). The van der Waals surface area contributed by atoms with E-state index in [1.54, 1.807) is 0 Å². The normalized spacial score (nSPS) is 19.8. The van der Waals surface area contributed by atoms with Crippen LogP contribution in [0.5, 0.6) is 0 Å². The Hall–Kier alpha value is -0.770. The van der Waals surface area contributed by atoms with Crippen LogP contribution in [0.15, 0.2) is 0 Å². The molecule has 0 spiro atoms. The number of nitrogens with two attached hydrogens (primary N) is 1. The molecule has 0 aromatic carbocycles. The molecule has 4 unspecified atom stereocenters. The van der Waals surface area contributed by atoms with E-state index >= 15 is 0 Å². The van der Waals surface area contributed by atoms with E-state index < -0.39 is 37.0 Å². The van der Waals surface area contributed by atoms with Crippen LogP contribution >= 0.6 is 0 Å². The van der Waals surface area contributed by atoms with E-state index in [1.165, 1.54) is 0 Å². The molecule has 0 amide bonds. The second-order valence-corrected chi connectivity index (χ2v) is 2.66. The molecule has 8 heteroatoms. The van der Waals surface area contributed by atoms with E-state index in [2.05, 4.69) is 10.7 Å². The lowest BCUT2D eigenvalue weighted by Gasteiger charge is -2.23. The zero-order valence-electron chi connectivity index (χ0n) is 7.15. The van der Waals surface area contributed by atoms with Gasteiger partial charge in [0, 0.05) is 0 Å². The molecule has 0 heterocycles. The minimum absolute atomic E-state index is 0.495. The second kappa shape index (κ2) is 5.86. The Labute approximate surface area is 79.1 Å². The highest BCUT2D eigenvalue weighted by Crippen LogP contribution is 2.05. The monoisotopic (exact) mass is 211 g/mol. The molecule has 4 atom stereocenters. The molecule has 0 radical (unpaired) electrons. The maximum absolute atomic E-state index is 10.2. The van der Waals surface area contributed by atoms with Crippen molar-refractivity contribution in [2.75, 3.05) is 6.61 Å². The second-order valence-electron chi connectivity index (χ2n) is 2.66. The van der Waals surface area contributed by atoms with E-state index in [9.17, 15) is 4.79 Å². The summed E-state index contributed by atoms with van der Waals surface area (Å²) in [6.45, 7) is -0.495. The molecule has 0 bridgehead atoms. The van der Waals surface area contributed by atoms with Crippen molar-refractivity contribution in [3.63, 3.8) is 0 Å². The van der Waals surface area contributed by atoms with Crippen LogP contribution in [-0.4, -0.2) is 62.5 Å². The van der Waals surface area contributed by atoms with Crippen LogP contribution in [0, 0.1) is 0 Å². The molecular weight excluding hydrogens is 198 g/mol. The van der Waals surface area contributed by atoms with Gasteiger partial charge in [-0.05, 0) is 0 Å². The van der Waals surface area contributed by atoms with Gasteiger partial charge in [-0.2, -0.15) is 0 Å². The smallest absolute Gasteiger partial charge is 0.335 e. The Balaban J connectivity index is 4.22. The third-order valence-electron chi connectivity index (χ3n) is 1.59. The summed E-state index contributed by atoms with van der Waals surface area (Å²) in [7, 11) is 0. The fraction of sp³-hybridized carbons (Fsp3) is 0.833. The minimum atomic E-state index is -2.18. The molecule has 0 saturated heterocycles. The average molecular weight is 211 g/mol. The SMILES string of the molecule is NOCC(O)C(O)C(O)C(O)C(=O)O. The fourth-order valence-corrected chi connectivity index (χ4v) is 0.758. The summed E-state index contributed by atoms with van der Waals surface area (Å²) < 4.78 is 0. The van der Waals surface area contributed by atoms with Crippen LogP contribution in [0.1, 0.15) is 0 Å². The van der Waals surface area contributed by atoms with Gasteiger partial charge in [-0.3, -0.25) is 0 Å². The number of hydrogen-bond acceptors (Lipinski definition) is 7. The highest BCUT2D eigenvalue weighted by Gasteiger charge is 2.34. The summed E-state index contributed by atoms with van der Waals surface area (Å²) in [5.41, 5.74) is 0. The van der Waals surface area contributed by atoms with Crippen molar-refractivity contribution >= 4 is 5.97 Å². The van der Waals surface area contributed by atoms with Crippen molar-refractivity contribution in [1.29, 1.82) is 0 Å². The summed E-state index contributed by atoms with van der Waals surface area (Å²) in [5.74, 6) is 2.86. The fourth-order valence-electron chi connectivity index (χ4n) is 0.758. The number of rotatable bonds is 6. The Morgan fingerprint density at radius 2 is 1.71 bits per heavy atom. The van der Waals surface area contributed by atoms with Crippen molar-refractivity contribution in [3.05, 3.63) is 0 Å². The Morgan fingerprint density at radius 1 is 1.21 bits per heavy atom. The first-order chi connectivity index (χ1) is 6.41. The van der Waals surface area contributed by atoms with Crippen LogP contribution < -0.4 is 5.90 Å². The lowest BCUT2D eigenvalue weighted by Crippen LogP contribution is -2.49. The van der Waals surface area contributed by atoms with E-state index in [0.29, 0.717) is 0 Å². The summed E-state index contributed by atoms with van der Waals surface area (Å²) >= 11 is 0. The lowest BCUT2D eigenvalue weighted by atomic mass is 10.0. The van der Waals surface area contributed by atoms with Crippen molar-refractivity contribution in [1.82, 2.24) is 0 Å². The molecule has 0 fully saturated rings. The summed E-state index contributed by atoms with van der Waals surface area (Å²) in [4.78, 5) is 14.1. The zero-order valence-corrected chi connectivity index (χ0v) is 7.15. The third-order valence-corrected chi connectivity index (χ3v) is 1.59. The number of aliphatic carboxylic acids is 1. The number of aliphatic hydroxyl groups is 4. The van der Waals surface area contributed by atoms with Gasteiger partial charge >= 0.3 is 5.97 Å². The molecule has 0 aliphatic rings. The molecule has 7 N–H and O–H groups in total. The Morgan fingerprint density at radius 3 is 2.07 bits per heavy atom. The molecular formula is C6H13NO7. The molecule has 8 nitrogen and oxygen atoms in total. The number of aliphatic hydroxyl groups excluding tert-OH is 4. The number of carboxylic acids is 1. The van der Waals surface area contributed by atoms with Crippen LogP contribution in [0.2, 0.25) is 0 Å². The van der Waals surface area contributed by atoms with E-state index in [0.717, 1.165) is 0 Å². The van der Waals surface area contributed by atoms with Crippen LogP contribution in [-0.2, 0) is 9.63 Å². The maximum atomic E-state index is 10.2. The first-order valence-electron chi connectivity index (χ1n) is 3.68. The highest BCUT2D eigenvalue weighted by atomic mass is 16.6. The first kappa shape index (κ1) is 13.2. The summed E-state index contributed by atoms with van der Waals surface area (Å²) in [6.07, 6.45) is -7.64. The largest absolute Gasteiger partial charge is 0.479 e. The predicted molar refractivity (Wildman–Crippen MR) is 41.8 cm³/mol. The zero-order chi connectivity index (χ0) is 11.3. The van der Waals surface area contributed by atoms with Crippen molar-refractivity contribution < 1.29 is 35.2 Å². The van der Waals surface area contributed by atoms with Gasteiger partial charge in [0.1, 0.15) is 18.3 Å². The highest BCUT2D eigenvalue weighted by molar-refractivity contribution is 5.72. The molecule has 0 aromatic heterocycles. The first-order valence-corrected chi connectivity index (χ1v) is 3.68. The van der Waals surface area contributed by atoms with Crippen LogP contribution in [0.3, 0.4) is 0 Å². The average Bonchev–Trinajstić information content (AvgIpc) is 2.14. The van der Waals surface area contributed by atoms with Gasteiger partial charge in [-0.15, -0.1) is 0 Å². The van der Waals surface area contributed by atoms with Gasteiger partial charge in [0.25, 0.3) is 0 Å². The van der Waals surface area contributed by atoms with Crippen molar-refractivity contribution in [2.24, 2.45) is 5.90 Å². The molecule has 14 heavy (non-hydrogen) atoms. The minimum Gasteiger partial charge on any atom is -0.479 e. The predicted octanol–water partition coefficient (Wildman–Crippen LogP) is -3.60. The Kier molecular flexibility index (Phi) is 5.53. The van der Waals surface area contributed by atoms with E-state index in [-0.39, 0.29) is 0 Å². The summed E-state index contributed by atoms with van der Waals surface area (Å²) in [5, 5.41) is 44.1. The molecule has 84 valence electrons. The van der Waals surface area contributed by atoms with Crippen molar-refractivity contribution in [3.8, 4) is 0 Å². The topological polar surface area (TPSA) is 153 Å². The van der Waals surface area contributed by atoms with Crippen molar-refractivity contribution in [2.45, 2.75) is 24.4 Å². The number of hydrogen-bond donors (Lipinski definition) is 6. The van der Waals surface area contributed by atoms with E-state index in [1.807, 2.05) is 0 Å². The molecule has 0 saturated carbocycles. The van der Waals surface area contributed by atoms with Gasteiger partial charge in [0.15, 0.2) is 6.10 Å². The quantitative estimate of drug-likeness (QED) is 0.246. The third kappa shape index (κ3) is 3.54. The number of carboxylic acid groups (broad SMARTS) is 1. The molecule has 0 aliphatic heterocycles. The lowest BCUT2D eigenvalue weighted by molar-refractivity contribution is -0.165. The molecule has 0 rings (SSSR count). The van der Waals surface area contributed by atoms with Gasteiger partial charge < -0.3 is 30.4 Å². The molecule has 0 aromatic rings. The van der Waals surface area contributed by atoms with E-state index in [4.69, 9.17) is 25.5 Å². The summed E-state index contributed by atoms with van der Waals surface area (Å²) in [6, 6.07) is 0.